The van der Waals surface area contributed by atoms with Crippen LogP contribution < -0.4 is 5.32 Å². The molecule has 0 saturated heterocycles. The first-order chi connectivity index (χ1) is 15.6. The number of halogens is 1. The van der Waals surface area contributed by atoms with Gasteiger partial charge in [0, 0.05) is 41.4 Å². The minimum absolute atomic E-state index is 0.209. The highest BCUT2D eigenvalue weighted by Crippen LogP contribution is 2.24. The third-order valence-electron chi connectivity index (χ3n) is 4.75. The molecule has 0 saturated carbocycles. The van der Waals surface area contributed by atoms with Crippen LogP contribution in [-0.4, -0.2) is 32.4 Å². The van der Waals surface area contributed by atoms with Crippen molar-refractivity contribution < 1.29 is 9.32 Å². The van der Waals surface area contributed by atoms with Crippen molar-refractivity contribution in [2.24, 2.45) is 0 Å². The zero-order chi connectivity index (χ0) is 22.3. The van der Waals surface area contributed by atoms with Gasteiger partial charge in [-0.1, -0.05) is 65.3 Å². The molecule has 0 aliphatic carbocycles. The van der Waals surface area contributed by atoms with Crippen molar-refractivity contribution in [1.82, 2.24) is 25.2 Å². The maximum atomic E-state index is 12.3. The van der Waals surface area contributed by atoms with E-state index in [9.17, 15) is 4.79 Å². The van der Waals surface area contributed by atoms with E-state index in [1.165, 1.54) is 6.08 Å². The average Bonchev–Trinajstić information content (AvgIpc) is 3.40. The number of carbonyl (C=O) groups excluding carboxylic acids is 1. The SMILES string of the molecule is Cc1noc(CCNC(=O)/C=C/c2cn(Cc3ccccc3Cl)nc2-c2ccccc2)n1. The fourth-order valence-corrected chi connectivity index (χ4v) is 3.42. The zero-order valence-corrected chi connectivity index (χ0v) is 18.3. The van der Waals surface area contributed by atoms with E-state index < -0.39 is 0 Å². The molecule has 4 rings (SSSR count). The summed E-state index contributed by atoms with van der Waals surface area (Å²) in [6.45, 7) is 2.69. The maximum absolute atomic E-state index is 12.3. The van der Waals surface area contributed by atoms with Crippen molar-refractivity contribution in [3.8, 4) is 11.3 Å². The number of benzene rings is 2. The Kier molecular flexibility index (Phi) is 6.77. The van der Waals surface area contributed by atoms with Crippen molar-refractivity contribution in [3.63, 3.8) is 0 Å². The number of carbonyl (C=O) groups is 1. The van der Waals surface area contributed by atoms with E-state index in [0.29, 0.717) is 36.2 Å². The van der Waals surface area contributed by atoms with E-state index in [4.69, 9.17) is 21.2 Å². The van der Waals surface area contributed by atoms with Crippen LogP contribution in [0.25, 0.3) is 17.3 Å². The Bertz CT molecular complexity index is 1230. The molecule has 8 heteroatoms. The number of hydrogen-bond acceptors (Lipinski definition) is 5. The highest BCUT2D eigenvalue weighted by Gasteiger charge is 2.11. The summed E-state index contributed by atoms with van der Waals surface area (Å²) >= 11 is 6.31. The third kappa shape index (κ3) is 5.50. The lowest BCUT2D eigenvalue weighted by Crippen LogP contribution is -2.23. The second kappa shape index (κ2) is 10.1. The minimum Gasteiger partial charge on any atom is -0.352 e. The molecule has 0 aliphatic heterocycles. The Hall–Kier alpha value is -3.71. The summed E-state index contributed by atoms with van der Waals surface area (Å²) in [6, 6.07) is 17.5. The number of rotatable bonds is 8. The molecule has 1 N–H and O–H groups in total. The van der Waals surface area contributed by atoms with Crippen LogP contribution in [0.4, 0.5) is 0 Å². The Morgan fingerprint density at radius 3 is 2.69 bits per heavy atom. The number of aryl methyl sites for hydroxylation is 1. The topological polar surface area (TPSA) is 85.8 Å². The summed E-state index contributed by atoms with van der Waals surface area (Å²) in [5.74, 6) is 0.867. The van der Waals surface area contributed by atoms with Crippen LogP contribution in [-0.2, 0) is 17.8 Å². The van der Waals surface area contributed by atoms with Crippen LogP contribution in [0.15, 0.2) is 71.4 Å². The molecule has 0 radical (unpaired) electrons. The van der Waals surface area contributed by atoms with Crippen molar-refractivity contribution in [1.29, 1.82) is 0 Å². The van der Waals surface area contributed by atoms with E-state index in [0.717, 1.165) is 22.4 Å². The summed E-state index contributed by atoms with van der Waals surface area (Å²) in [6.07, 6.45) is 5.66. The van der Waals surface area contributed by atoms with Crippen LogP contribution >= 0.6 is 11.6 Å². The first-order valence-electron chi connectivity index (χ1n) is 10.2. The van der Waals surface area contributed by atoms with Crippen LogP contribution in [0.2, 0.25) is 5.02 Å². The third-order valence-corrected chi connectivity index (χ3v) is 5.12. The summed E-state index contributed by atoms with van der Waals surface area (Å²) < 4.78 is 6.88. The maximum Gasteiger partial charge on any atom is 0.244 e. The molecule has 0 spiro atoms. The molecule has 0 aliphatic rings. The van der Waals surface area contributed by atoms with Gasteiger partial charge in [-0.25, -0.2) is 0 Å². The van der Waals surface area contributed by atoms with E-state index in [1.54, 1.807) is 13.0 Å². The van der Waals surface area contributed by atoms with Gasteiger partial charge in [0.05, 0.1) is 12.2 Å². The van der Waals surface area contributed by atoms with E-state index >= 15 is 0 Å². The lowest BCUT2D eigenvalue weighted by atomic mass is 10.1. The predicted octanol–water partition coefficient (Wildman–Crippen LogP) is 4.32. The molecule has 4 aromatic rings. The van der Waals surface area contributed by atoms with Gasteiger partial charge in [-0.05, 0) is 24.6 Å². The van der Waals surface area contributed by atoms with Gasteiger partial charge in [-0.15, -0.1) is 0 Å². The number of aromatic nitrogens is 4. The van der Waals surface area contributed by atoms with Gasteiger partial charge in [0.2, 0.25) is 11.8 Å². The van der Waals surface area contributed by atoms with Gasteiger partial charge < -0.3 is 9.84 Å². The molecule has 1 amide bonds. The highest BCUT2D eigenvalue weighted by atomic mass is 35.5. The van der Waals surface area contributed by atoms with Crippen molar-refractivity contribution >= 4 is 23.6 Å². The lowest BCUT2D eigenvalue weighted by Gasteiger charge is -2.04. The van der Waals surface area contributed by atoms with Crippen molar-refractivity contribution in [3.05, 3.63) is 94.7 Å². The summed E-state index contributed by atoms with van der Waals surface area (Å²) in [5, 5.41) is 12.0. The molecule has 0 unspecified atom stereocenters. The quantitative estimate of drug-likeness (QED) is 0.406. The molecule has 7 nitrogen and oxygen atoms in total. The Labute approximate surface area is 190 Å². The first kappa shape index (κ1) is 21.5. The number of nitrogens with one attached hydrogen (secondary N) is 1. The second-order valence-electron chi connectivity index (χ2n) is 7.20. The van der Waals surface area contributed by atoms with Crippen LogP contribution in [0.1, 0.15) is 22.8 Å². The van der Waals surface area contributed by atoms with Crippen LogP contribution in [0.3, 0.4) is 0 Å². The van der Waals surface area contributed by atoms with Gasteiger partial charge in [0.15, 0.2) is 5.82 Å². The molecule has 2 aromatic heterocycles. The monoisotopic (exact) mass is 447 g/mol. The van der Waals surface area contributed by atoms with Gasteiger partial charge >= 0.3 is 0 Å². The largest absolute Gasteiger partial charge is 0.352 e. The second-order valence-corrected chi connectivity index (χ2v) is 7.60. The summed E-state index contributed by atoms with van der Waals surface area (Å²) in [7, 11) is 0. The van der Waals surface area contributed by atoms with Gasteiger partial charge in [-0.2, -0.15) is 10.1 Å². The highest BCUT2D eigenvalue weighted by molar-refractivity contribution is 6.31. The van der Waals surface area contributed by atoms with Crippen molar-refractivity contribution in [2.75, 3.05) is 6.54 Å². The fraction of sp³-hybridized carbons (Fsp3) is 0.167. The molecule has 0 fully saturated rings. The van der Waals surface area contributed by atoms with Crippen molar-refractivity contribution in [2.45, 2.75) is 19.9 Å². The Morgan fingerprint density at radius 1 is 1.16 bits per heavy atom. The first-order valence-corrected chi connectivity index (χ1v) is 10.6. The molecule has 2 heterocycles. The minimum atomic E-state index is -0.209. The molecule has 162 valence electrons. The summed E-state index contributed by atoms with van der Waals surface area (Å²) in [5.41, 5.74) is 3.58. The Balaban J connectivity index is 1.49. The number of nitrogens with zero attached hydrogens (tertiary/aromatic N) is 4. The van der Waals surface area contributed by atoms with Gasteiger partial charge in [0.25, 0.3) is 0 Å². The normalized spacial score (nSPS) is 11.2. The van der Waals surface area contributed by atoms with Crippen LogP contribution in [0.5, 0.6) is 0 Å². The summed E-state index contributed by atoms with van der Waals surface area (Å²) in [4.78, 5) is 16.4. The van der Waals surface area contributed by atoms with Crippen LogP contribution in [0, 0.1) is 6.92 Å². The lowest BCUT2D eigenvalue weighted by molar-refractivity contribution is -0.116. The molecular formula is C24H22ClN5O2. The number of amides is 1. The standard InChI is InChI=1S/C24H22ClN5O2/c1-17-27-23(32-29-17)13-14-26-22(31)12-11-20-16-30(15-19-9-5-6-10-21(19)25)28-24(20)18-7-3-2-4-8-18/h2-12,16H,13-15H2,1H3,(H,26,31)/b12-11+. The predicted molar refractivity (Wildman–Crippen MR) is 123 cm³/mol. The molecule has 0 bridgehead atoms. The van der Waals surface area contributed by atoms with Gasteiger partial charge in [0.1, 0.15) is 0 Å². The van der Waals surface area contributed by atoms with E-state index in [-0.39, 0.29) is 5.91 Å². The zero-order valence-electron chi connectivity index (χ0n) is 17.5. The fourth-order valence-electron chi connectivity index (χ4n) is 3.22. The van der Waals surface area contributed by atoms with E-state index in [1.807, 2.05) is 65.5 Å². The smallest absolute Gasteiger partial charge is 0.244 e. The molecule has 2 aromatic carbocycles. The Morgan fingerprint density at radius 2 is 1.94 bits per heavy atom. The van der Waals surface area contributed by atoms with E-state index in [2.05, 4.69) is 15.5 Å². The molecule has 32 heavy (non-hydrogen) atoms. The average molecular weight is 448 g/mol. The molecular weight excluding hydrogens is 426 g/mol. The number of hydrogen-bond donors (Lipinski definition) is 1. The van der Waals surface area contributed by atoms with Gasteiger partial charge in [-0.3, -0.25) is 9.48 Å². The molecule has 0 atom stereocenters.